The molecule has 0 amide bonds. The first-order valence-electron chi connectivity index (χ1n) is 5.97. The fourth-order valence-electron chi connectivity index (χ4n) is 2.03. The second-order valence-corrected chi connectivity index (χ2v) is 3.94. The van der Waals surface area contributed by atoms with E-state index in [1.54, 1.807) is 24.3 Å². The topological polar surface area (TPSA) is 40.5 Å². The number of carboxylic acid groups (broad SMARTS) is 1. The number of anilines is 1. The van der Waals surface area contributed by atoms with Crippen LogP contribution in [0.25, 0.3) is 0 Å². The minimum Gasteiger partial charge on any atom is -0.478 e. The minimum atomic E-state index is -0.883. The molecule has 0 aromatic heterocycles. The van der Waals surface area contributed by atoms with Crippen molar-refractivity contribution >= 4 is 11.7 Å². The Bertz CT molecular complexity index is 442. The molecule has 0 aliphatic heterocycles. The molecule has 1 aromatic carbocycles. The van der Waals surface area contributed by atoms with Crippen molar-refractivity contribution in [3.8, 4) is 0 Å². The highest BCUT2D eigenvalue weighted by Gasteiger charge is 2.15. The molecular formula is C15H19NO2. The van der Waals surface area contributed by atoms with Gasteiger partial charge in [0.1, 0.15) is 0 Å². The zero-order valence-electron chi connectivity index (χ0n) is 10.7. The van der Waals surface area contributed by atoms with Gasteiger partial charge in [0.05, 0.1) is 5.56 Å². The molecule has 0 spiro atoms. The number of aromatic carboxylic acids is 1. The van der Waals surface area contributed by atoms with Crippen LogP contribution < -0.4 is 4.90 Å². The first-order chi connectivity index (χ1) is 8.65. The summed E-state index contributed by atoms with van der Waals surface area (Å²) < 4.78 is 0. The highest BCUT2D eigenvalue weighted by Crippen LogP contribution is 2.25. The van der Waals surface area contributed by atoms with Gasteiger partial charge in [-0.05, 0) is 24.1 Å². The SMILES string of the molecule is C=CCN(CC=C)c1cccc(C(=O)O)c1CC. The summed E-state index contributed by atoms with van der Waals surface area (Å²) in [5.41, 5.74) is 2.17. The van der Waals surface area contributed by atoms with Gasteiger partial charge in [-0.15, -0.1) is 13.2 Å². The van der Waals surface area contributed by atoms with E-state index >= 15 is 0 Å². The third-order valence-electron chi connectivity index (χ3n) is 2.77. The van der Waals surface area contributed by atoms with Gasteiger partial charge >= 0.3 is 5.97 Å². The summed E-state index contributed by atoms with van der Waals surface area (Å²) in [6, 6.07) is 5.36. The van der Waals surface area contributed by atoms with E-state index in [1.165, 1.54) is 0 Å². The van der Waals surface area contributed by atoms with E-state index in [-0.39, 0.29) is 0 Å². The Labute approximate surface area is 108 Å². The second kappa shape index (κ2) is 6.64. The summed E-state index contributed by atoms with van der Waals surface area (Å²) in [5.74, 6) is -0.883. The van der Waals surface area contributed by atoms with Gasteiger partial charge in [-0.2, -0.15) is 0 Å². The molecule has 1 aromatic rings. The molecule has 3 heteroatoms. The van der Waals surface area contributed by atoms with E-state index in [9.17, 15) is 9.90 Å². The van der Waals surface area contributed by atoms with Crippen molar-refractivity contribution in [2.75, 3.05) is 18.0 Å². The van der Waals surface area contributed by atoms with Crippen LogP contribution in [0.5, 0.6) is 0 Å². The number of nitrogens with zero attached hydrogens (tertiary/aromatic N) is 1. The molecule has 96 valence electrons. The summed E-state index contributed by atoms with van der Waals surface area (Å²) in [7, 11) is 0. The van der Waals surface area contributed by atoms with Crippen LogP contribution in [-0.2, 0) is 6.42 Å². The summed E-state index contributed by atoms with van der Waals surface area (Å²) >= 11 is 0. The predicted molar refractivity (Wildman–Crippen MR) is 75.4 cm³/mol. The van der Waals surface area contributed by atoms with Gasteiger partial charge < -0.3 is 10.0 Å². The summed E-state index contributed by atoms with van der Waals surface area (Å²) in [6.07, 6.45) is 4.29. The molecule has 0 heterocycles. The van der Waals surface area contributed by atoms with E-state index in [0.29, 0.717) is 25.1 Å². The van der Waals surface area contributed by atoms with Gasteiger partial charge in [-0.1, -0.05) is 25.1 Å². The van der Waals surface area contributed by atoms with Crippen LogP contribution in [0.2, 0.25) is 0 Å². The van der Waals surface area contributed by atoms with Crippen molar-refractivity contribution < 1.29 is 9.90 Å². The van der Waals surface area contributed by atoms with Crippen LogP contribution >= 0.6 is 0 Å². The van der Waals surface area contributed by atoms with Gasteiger partial charge in [-0.25, -0.2) is 4.79 Å². The first-order valence-corrected chi connectivity index (χ1v) is 5.97. The van der Waals surface area contributed by atoms with Crippen LogP contribution in [0.4, 0.5) is 5.69 Å². The number of rotatable bonds is 7. The molecular weight excluding hydrogens is 226 g/mol. The molecule has 0 atom stereocenters. The monoisotopic (exact) mass is 245 g/mol. The number of carbonyl (C=O) groups is 1. The van der Waals surface area contributed by atoms with Crippen LogP contribution in [0, 0.1) is 0 Å². The maximum Gasteiger partial charge on any atom is 0.336 e. The number of hydrogen-bond donors (Lipinski definition) is 1. The molecule has 0 unspecified atom stereocenters. The van der Waals surface area contributed by atoms with E-state index < -0.39 is 5.97 Å². The molecule has 1 rings (SSSR count). The fraction of sp³-hybridized carbons (Fsp3) is 0.267. The van der Waals surface area contributed by atoms with Crippen LogP contribution in [-0.4, -0.2) is 24.2 Å². The van der Waals surface area contributed by atoms with Gasteiger partial charge in [0.25, 0.3) is 0 Å². The number of benzene rings is 1. The van der Waals surface area contributed by atoms with E-state index in [2.05, 4.69) is 18.1 Å². The predicted octanol–water partition coefficient (Wildman–Crippen LogP) is 3.13. The van der Waals surface area contributed by atoms with Crippen molar-refractivity contribution in [1.29, 1.82) is 0 Å². The lowest BCUT2D eigenvalue weighted by atomic mass is 10.0. The standard InChI is InChI=1S/C15H19NO2/c1-4-10-16(11-5-2)14-9-7-8-13(15(17)18)12(14)6-3/h4-5,7-9H,1-2,6,10-11H2,3H3,(H,17,18). The Morgan fingerprint density at radius 2 is 1.94 bits per heavy atom. The van der Waals surface area contributed by atoms with Crippen molar-refractivity contribution in [2.24, 2.45) is 0 Å². The third kappa shape index (κ3) is 3.00. The van der Waals surface area contributed by atoms with Crippen molar-refractivity contribution in [3.63, 3.8) is 0 Å². The summed E-state index contributed by atoms with van der Waals surface area (Å²) in [6.45, 7) is 10.8. The lowest BCUT2D eigenvalue weighted by molar-refractivity contribution is 0.0696. The minimum absolute atomic E-state index is 0.369. The molecule has 0 saturated carbocycles. The smallest absolute Gasteiger partial charge is 0.336 e. The first kappa shape index (κ1) is 14.0. The molecule has 1 N–H and O–H groups in total. The Hall–Kier alpha value is -2.03. The molecule has 3 nitrogen and oxygen atoms in total. The lowest BCUT2D eigenvalue weighted by Crippen LogP contribution is -2.25. The van der Waals surface area contributed by atoms with Crippen molar-refractivity contribution in [2.45, 2.75) is 13.3 Å². The summed E-state index contributed by atoms with van der Waals surface area (Å²) in [5, 5.41) is 9.20. The molecule has 0 bridgehead atoms. The molecule has 0 saturated heterocycles. The van der Waals surface area contributed by atoms with Crippen molar-refractivity contribution in [3.05, 3.63) is 54.6 Å². The largest absolute Gasteiger partial charge is 0.478 e. The zero-order chi connectivity index (χ0) is 13.5. The molecule has 0 fully saturated rings. The van der Waals surface area contributed by atoms with Crippen LogP contribution in [0.3, 0.4) is 0 Å². The zero-order valence-corrected chi connectivity index (χ0v) is 10.7. The maximum atomic E-state index is 11.2. The van der Waals surface area contributed by atoms with E-state index in [4.69, 9.17) is 0 Å². The maximum absolute atomic E-state index is 11.2. The molecule has 0 aliphatic carbocycles. The van der Waals surface area contributed by atoms with E-state index in [1.807, 2.05) is 13.0 Å². The average molecular weight is 245 g/mol. The number of carboxylic acids is 1. The Kier molecular flexibility index (Phi) is 5.18. The van der Waals surface area contributed by atoms with Gasteiger partial charge in [0.2, 0.25) is 0 Å². The van der Waals surface area contributed by atoms with Gasteiger partial charge in [0.15, 0.2) is 0 Å². The Morgan fingerprint density at radius 1 is 1.33 bits per heavy atom. The quantitative estimate of drug-likeness (QED) is 0.750. The van der Waals surface area contributed by atoms with E-state index in [0.717, 1.165) is 11.3 Å². The average Bonchev–Trinajstić information content (AvgIpc) is 2.37. The van der Waals surface area contributed by atoms with Crippen molar-refractivity contribution in [1.82, 2.24) is 0 Å². The molecule has 18 heavy (non-hydrogen) atoms. The highest BCUT2D eigenvalue weighted by molar-refractivity contribution is 5.91. The Balaban J connectivity index is 3.27. The Morgan fingerprint density at radius 3 is 2.39 bits per heavy atom. The third-order valence-corrected chi connectivity index (χ3v) is 2.77. The normalized spacial score (nSPS) is 9.83. The number of hydrogen-bond acceptors (Lipinski definition) is 2. The molecule has 0 aliphatic rings. The second-order valence-electron chi connectivity index (χ2n) is 3.94. The van der Waals surface area contributed by atoms with Gasteiger partial charge in [-0.3, -0.25) is 0 Å². The van der Waals surface area contributed by atoms with Crippen LogP contribution in [0.1, 0.15) is 22.8 Å². The van der Waals surface area contributed by atoms with Crippen LogP contribution in [0.15, 0.2) is 43.5 Å². The molecule has 0 radical (unpaired) electrons. The lowest BCUT2D eigenvalue weighted by Gasteiger charge is -2.25. The summed E-state index contributed by atoms with van der Waals surface area (Å²) in [4.78, 5) is 13.3. The fourth-order valence-corrected chi connectivity index (χ4v) is 2.03. The highest BCUT2D eigenvalue weighted by atomic mass is 16.4. The van der Waals surface area contributed by atoms with Gasteiger partial charge in [0, 0.05) is 18.8 Å².